The van der Waals surface area contributed by atoms with Gasteiger partial charge in [0.1, 0.15) is 0 Å². The first-order valence-corrected chi connectivity index (χ1v) is 14.9. The zero-order valence-electron chi connectivity index (χ0n) is 23.4. The van der Waals surface area contributed by atoms with Crippen molar-refractivity contribution in [2.24, 2.45) is 0 Å². The summed E-state index contributed by atoms with van der Waals surface area (Å²) in [5, 5.41) is 14.7. The number of piperazine rings is 1. The van der Waals surface area contributed by atoms with Crippen molar-refractivity contribution in [1.29, 1.82) is 0 Å². The smallest absolute Gasteiger partial charge is 0.245 e. The van der Waals surface area contributed by atoms with Crippen LogP contribution in [0.5, 0.6) is 0 Å². The van der Waals surface area contributed by atoms with Crippen LogP contribution < -0.4 is 4.90 Å². The van der Waals surface area contributed by atoms with E-state index >= 15 is 0 Å². The largest absolute Gasteiger partial charge is 0.378 e. The van der Waals surface area contributed by atoms with Gasteiger partial charge in [-0.1, -0.05) is 36.7 Å². The molecule has 0 saturated carbocycles. The van der Waals surface area contributed by atoms with Crippen LogP contribution in [0.2, 0.25) is 10.0 Å². The number of likely N-dealkylation sites (tertiary alicyclic amines) is 1. The third kappa shape index (κ3) is 4.51. The van der Waals surface area contributed by atoms with Crippen LogP contribution >= 0.6 is 23.2 Å². The molecule has 6 rings (SSSR count). The Morgan fingerprint density at radius 2 is 1.95 bits per heavy atom. The minimum absolute atomic E-state index is 0.0153. The van der Waals surface area contributed by atoms with Gasteiger partial charge in [-0.25, -0.2) is 0 Å². The number of aromatic amines is 1. The Balaban J connectivity index is 1.47. The molecule has 0 unspecified atom stereocenters. The molecule has 11 heteroatoms. The standard InChI is InChI=1S/C29H37Cl2N7O2/c1-5-24(39)35-9-7-19(8-10-35)38-18(3)25(26-21-14-32-33-23(21)13-22(30)27(26)31)28(34-38)37-12-11-36(20-15-40-16-20)17-29(37,4)6-2/h5,13-14,19-20H,1,6-12,15-17H2,2-4H3,(H,32,33)/t29-/m0/s1. The Morgan fingerprint density at radius 1 is 1.20 bits per heavy atom. The van der Waals surface area contributed by atoms with Gasteiger partial charge < -0.3 is 14.5 Å². The molecule has 1 aromatic carbocycles. The van der Waals surface area contributed by atoms with E-state index in [1.165, 1.54) is 6.08 Å². The van der Waals surface area contributed by atoms with Crippen LogP contribution in [0.3, 0.4) is 0 Å². The lowest BCUT2D eigenvalue weighted by Crippen LogP contribution is -2.65. The molecule has 3 aromatic rings. The number of amides is 1. The van der Waals surface area contributed by atoms with Crippen molar-refractivity contribution < 1.29 is 9.53 Å². The summed E-state index contributed by atoms with van der Waals surface area (Å²) in [6.45, 7) is 16.1. The van der Waals surface area contributed by atoms with E-state index in [1.807, 2.05) is 17.2 Å². The number of H-pyrrole nitrogens is 1. The number of nitrogens with one attached hydrogen (secondary N) is 1. The van der Waals surface area contributed by atoms with Gasteiger partial charge in [0.2, 0.25) is 5.91 Å². The number of carbonyl (C=O) groups excluding carboxylic acids is 1. The molecule has 3 saturated heterocycles. The molecule has 0 bridgehead atoms. The van der Waals surface area contributed by atoms with E-state index in [0.29, 0.717) is 29.2 Å². The number of hydrogen-bond donors (Lipinski definition) is 1. The second-order valence-corrected chi connectivity index (χ2v) is 12.3. The summed E-state index contributed by atoms with van der Waals surface area (Å²) in [5.74, 6) is 0.918. The first kappa shape index (κ1) is 27.6. The maximum atomic E-state index is 12.2. The van der Waals surface area contributed by atoms with E-state index in [4.69, 9.17) is 33.0 Å². The number of piperidine rings is 1. The van der Waals surface area contributed by atoms with Crippen LogP contribution in [0.15, 0.2) is 24.9 Å². The highest BCUT2D eigenvalue weighted by Gasteiger charge is 2.43. The zero-order valence-corrected chi connectivity index (χ0v) is 24.9. The maximum absolute atomic E-state index is 12.2. The van der Waals surface area contributed by atoms with E-state index in [-0.39, 0.29) is 17.5 Å². The van der Waals surface area contributed by atoms with Crippen molar-refractivity contribution in [3.05, 3.63) is 40.7 Å². The van der Waals surface area contributed by atoms with E-state index in [9.17, 15) is 4.79 Å². The topological polar surface area (TPSA) is 82.5 Å². The van der Waals surface area contributed by atoms with Gasteiger partial charge in [-0.05, 0) is 45.3 Å². The molecular weight excluding hydrogens is 549 g/mol. The third-order valence-electron chi connectivity index (χ3n) is 9.28. The Labute approximate surface area is 245 Å². The van der Waals surface area contributed by atoms with Gasteiger partial charge in [-0.3, -0.25) is 19.5 Å². The van der Waals surface area contributed by atoms with Gasteiger partial charge in [0.15, 0.2) is 5.82 Å². The molecule has 0 aliphatic carbocycles. The highest BCUT2D eigenvalue weighted by Crippen LogP contribution is 2.47. The number of fused-ring (bicyclic) bond motifs is 1. The normalized spacial score (nSPS) is 23.1. The SMILES string of the molecule is C=CC(=O)N1CCC(n2nc(N3CCN(C4COC4)C[C@]3(C)CC)c(-c3c(Cl)c(Cl)cc4[nH]ncc34)c2C)CC1. The number of nitrogens with zero attached hydrogens (tertiary/aromatic N) is 6. The molecule has 0 radical (unpaired) electrons. The van der Waals surface area contributed by atoms with Crippen LogP contribution in [0.25, 0.3) is 22.0 Å². The van der Waals surface area contributed by atoms with Crippen LogP contribution in [0.4, 0.5) is 5.82 Å². The molecular formula is C29H37Cl2N7O2. The minimum atomic E-state index is -0.130. The number of benzene rings is 1. The average Bonchev–Trinajstić information content (AvgIpc) is 3.52. The number of rotatable bonds is 6. The predicted molar refractivity (Wildman–Crippen MR) is 159 cm³/mol. The molecule has 3 aliphatic rings. The number of halogens is 2. The maximum Gasteiger partial charge on any atom is 0.245 e. The van der Waals surface area contributed by atoms with Crippen molar-refractivity contribution in [3.63, 3.8) is 0 Å². The van der Waals surface area contributed by atoms with Crippen LogP contribution in [-0.4, -0.2) is 93.2 Å². The highest BCUT2D eigenvalue weighted by molar-refractivity contribution is 6.45. The van der Waals surface area contributed by atoms with Crippen LogP contribution in [-0.2, 0) is 9.53 Å². The highest BCUT2D eigenvalue weighted by atomic mass is 35.5. The van der Waals surface area contributed by atoms with Crippen molar-refractivity contribution in [2.75, 3.05) is 50.8 Å². The number of anilines is 1. The van der Waals surface area contributed by atoms with E-state index in [2.05, 4.69) is 52.0 Å². The lowest BCUT2D eigenvalue weighted by atomic mass is 9.90. The quantitative estimate of drug-likeness (QED) is 0.406. The monoisotopic (exact) mass is 585 g/mol. The number of aromatic nitrogens is 4. The summed E-state index contributed by atoms with van der Waals surface area (Å²) in [6, 6.07) is 2.49. The van der Waals surface area contributed by atoms with Gasteiger partial charge in [0.05, 0.1) is 52.6 Å². The molecule has 2 aromatic heterocycles. The van der Waals surface area contributed by atoms with Gasteiger partial charge in [0.25, 0.3) is 0 Å². The van der Waals surface area contributed by atoms with E-state index < -0.39 is 0 Å². The van der Waals surface area contributed by atoms with Gasteiger partial charge >= 0.3 is 0 Å². The Morgan fingerprint density at radius 3 is 2.60 bits per heavy atom. The van der Waals surface area contributed by atoms with Crippen molar-refractivity contribution in [2.45, 2.75) is 57.7 Å². The molecule has 3 aliphatic heterocycles. The van der Waals surface area contributed by atoms with Gasteiger partial charge in [-0.15, -0.1) is 0 Å². The summed E-state index contributed by atoms with van der Waals surface area (Å²) in [4.78, 5) is 19.2. The summed E-state index contributed by atoms with van der Waals surface area (Å²) < 4.78 is 7.69. The van der Waals surface area contributed by atoms with E-state index in [0.717, 1.165) is 85.7 Å². The van der Waals surface area contributed by atoms with Crippen molar-refractivity contribution in [1.82, 2.24) is 29.8 Å². The third-order valence-corrected chi connectivity index (χ3v) is 10.1. The van der Waals surface area contributed by atoms with Crippen LogP contribution in [0, 0.1) is 6.92 Å². The number of hydrogen-bond acceptors (Lipinski definition) is 6. The van der Waals surface area contributed by atoms with Crippen molar-refractivity contribution in [3.8, 4) is 11.1 Å². The molecule has 1 N–H and O–H groups in total. The fourth-order valence-corrected chi connectivity index (χ4v) is 7.04. The van der Waals surface area contributed by atoms with Gasteiger partial charge in [-0.2, -0.15) is 10.2 Å². The molecule has 214 valence electrons. The van der Waals surface area contributed by atoms with Crippen LogP contribution in [0.1, 0.15) is 44.8 Å². The zero-order chi connectivity index (χ0) is 28.2. The average molecular weight is 587 g/mol. The number of carbonyl (C=O) groups is 1. The fourth-order valence-electron chi connectivity index (χ4n) is 6.59. The summed E-state index contributed by atoms with van der Waals surface area (Å²) in [6.07, 6.45) is 5.83. The van der Waals surface area contributed by atoms with Crippen molar-refractivity contribution >= 4 is 45.8 Å². The van der Waals surface area contributed by atoms with E-state index in [1.54, 1.807) is 0 Å². The minimum Gasteiger partial charge on any atom is -0.378 e. The molecule has 1 atom stereocenters. The first-order chi connectivity index (χ1) is 19.3. The van der Waals surface area contributed by atoms with Gasteiger partial charge in [0, 0.05) is 54.9 Å². The summed E-state index contributed by atoms with van der Waals surface area (Å²) in [5.41, 5.74) is 3.62. The Kier molecular flexibility index (Phi) is 7.36. The second-order valence-electron chi connectivity index (χ2n) is 11.5. The predicted octanol–water partition coefficient (Wildman–Crippen LogP) is 5.08. The number of ether oxygens (including phenoxy) is 1. The molecule has 9 nitrogen and oxygen atoms in total. The Hall–Kier alpha value is -2.59. The molecule has 1 amide bonds. The molecule has 0 spiro atoms. The first-order valence-electron chi connectivity index (χ1n) is 14.2. The lowest BCUT2D eigenvalue weighted by Gasteiger charge is -2.52. The summed E-state index contributed by atoms with van der Waals surface area (Å²) >= 11 is 13.7. The summed E-state index contributed by atoms with van der Waals surface area (Å²) in [7, 11) is 0. The second kappa shape index (κ2) is 10.7. The molecule has 3 fully saturated rings. The molecule has 5 heterocycles. The lowest BCUT2D eigenvalue weighted by molar-refractivity contribution is -0.127. The Bertz CT molecular complexity index is 1440. The fraction of sp³-hybridized carbons (Fsp3) is 0.552. The molecule has 40 heavy (non-hydrogen) atoms.